The molecular weight excluding hydrogens is 312 g/mol. The van der Waals surface area contributed by atoms with Crippen LogP contribution in [0.3, 0.4) is 0 Å². The van der Waals surface area contributed by atoms with Crippen molar-refractivity contribution in [1.82, 2.24) is 15.1 Å². The van der Waals surface area contributed by atoms with Crippen molar-refractivity contribution in [3.63, 3.8) is 0 Å². The first-order valence-corrected chi connectivity index (χ1v) is 9.03. The number of aliphatic imine (C=N–C) groups is 1. The number of amides is 1. The number of nitrogens with one attached hydrogen (secondary N) is 1. The maximum absolute atomic E-state index is 12.3. The third-order valence-electron chi connectivity index (χ3n) is 4.03. The zero-order valence-corrected chi connectivity index (χ0v) is 15.2. The van der Waals surface area contributed by atoms with Gasteiger partial charge in [-0.15, -0.1) is 0 Å². The minimum atomic E-state index is -0.0406. The number of hydrogen-bond acceptors (Lipinski definition) is 4. The molecule has 0 radical (unpaired) electrons. The number of nitrogens with zero attached hydrogens (tertiary/aromatic N) is 3. The summed E-state index contributed by atoms with van der Waals surface area (Å²) in [5.41, 5.74) is 0. The van der Waals surface area contributed by atoms with Gasteiger partial charge in [0.15, 0.2) is 11.7 Å². The number of carbonyl (C=O) groups excluding carboxylic acids is 1. The highest BCUT2D eigenvalue weighted by Crippen LogP contribution is 2.19. The normalized spacial score (nSPS) is 16.6. The Morgan fingerprint density at radius 3 is 2.52 bits per heavy atom. The minimum Gasteiger partial charge on any atom is -0.459 e. The molecule has 1 aliphatic rings. The second-order valence-corrected chi connectivity index (χ2v) is 7.63. The van der Waals surface area contributed by atoms with Gasteiger partial charge in [0.1, 0.15) is 0 Å². The highest BCUT2D eigenvalue weighted by atomic mass is 32.2. The fraction of sp³-hybridized carbons (Fsp3) is 0.625. The van der Waals surface area contributed by atoms with Gasteiger partial charge in [-0.05, 0) is 32.2 Å². The largest absolute Gasteiger partial charge is 0.459 e. The van der Waals surface area contributed by atoms with E-state index in [1.807, 2.05) is 16.7 Å². The van der Waals surface area contributed by atoms with Gasteiger partial charge in [0.2, 0.25) is 0 Å². The predicted octanol–water partition coefficient (Wildman–Crippen LogP) is 1.75. The van der Waals surface area contributed by atoms with Crippen molar-refractivity contribution in [1.29, 1.82) is 0 Å². The highest BCUT2D eigenvalue weighted by Gasteiger charge is 2.26. The molecule has 1 saturated heterocycles. The predicted molar refractivity (Wildman–Crippen MR) is 95.1 cm³/mol. The van der Waals surface area contributed by atoms with Crippen LogP contribution in [0, 0.1) is 0 Å². The van der Waals surface area contributed by atoms with Crippen molar-refractivity contribution in [2.75, 3.05) is 46.0 Å². The van der Waals surface area contributed by atoms with Crippen LogP contribution in [0.5, 0.6) is 0 Å². The Morgan fingerprint density at radius 2 is 2.00 bits per heavy atom. The molecule has 0 atom stereocenters. The molecule has 1 aromatic rings. The fourth-order valence-electron chi connectivity index (χ4n) is 2.37. The molecule has 7 heteroatoms. The molecule has 23 heavy (non-hydrogen) atoms. The number of hydrogen-bond donors (Lipinski definition) is 1. The molecule has 0 saturated carbocycles. The van der Waals surface area contributed by atoms with Crippen LogP contribution in [-0.2, 0) is 0 Å². The Morgan fingerprint density at radius 1 is 1.35 bits per heavy atom. The van der Waals surface area contributed by atoms with Gasteiger partial charge in [0.25, 0.3) is 5.91 Å². The Balaban J connectivity index is 1.86. The first kappa shape index (κ1) is 17.7. The van der Waals surface area contributed by atoms with Crippen LogP contribution in [0.1, 0.15) is 24.4 Å². The minimum absolute atomic E-state index is 0.0406. The lowest BCUT2D eigenvalue weighted by Crippen LogP contribution is -2.54. The number of thioether (sulfide) groups is 1. The standard InChI is InChI=1S/C16H26N4O2S/c1-16(2,23-4)12-18-15(17-3)20-9-7-19(8-10-20)14(21)13-6-5-11-22-13/h5-6,11H,7-10,12H2,1-4H3,(H,17,18). The topological polar surface area (TPSA) is 61.1 Å². The number of rotatable bonds is 4. The highest BCUT2D eigenvalue weighted by molar-refractivity contribution is 7.99. The van der Waals surface area contributed by atoms with Gasteiger partial charge in [0.05, 0.1) is 6.26 Å². The zero-order chi connectivity index (χ0) is 16.9. The Labute approximate surface area is 142 Å². The van der Waals surface area contributed by atoms with E-state index in [4.69, 9.17) is 4.42 Å². The molecule has 1 aromatic heterocycles. The maximum Gasteiger partial charge on any atom is 0.289 e. The third kappa shape index (κ3) is 4.67. The van der Waals surface area contributed by atoms with Gasteiger partial charge in [-0.2, -0.15) is 11.8 Å². The van der Waals surface area contributed by atoms with E-state index in [1.54, 1.807) is 19.2 Å². The molecular formula is C16H26N4O2S. The van der Waals surface area contributed by atoms with Gasteiger partial charge in [-0.25, -0.2) is 0 Å². The number of piperazine rings is 1. The molecule has 1 fully saturated rings. The summed E-state index contributed by atoms with van der Waals surface area (Å²) in [6.07, 6.45) is 3.65. The molecule has 0 aromatic carbocycles. The summed E-state index contributed by atoms with van der Waals surface area (Å²) in [7, 11) is 1.80. The summed E-state index contributed by atoms with van der Waals surface area (Å²) in [6.45, 7) is 8.15. The number of carbonyl (C=O) groups is 1. The summed E-state index contributed by atoms with van der Waals surface area (Å²) in [5, 5.41) is 3.44. The van der Waals surface area contributed by atoms with Crippen LogP contribution in [-0.4, -0.2) is 72.4 Å². The molecule has 6 nitrogen and oxygen atoms in total. The van der Waals surface area contributed by atoms with Crippen molar-refractivity contribution < 1.29 is 9.21 Å². The summed E-state index contributed by atoms with van der Waals surface area (Å²) in [6, 6.07) is 3.45. The SMILES string of the molecule is CN=C(NCC(C)(C)SC)N1CCN(C(=O)c2ccco2)CC1. The molecule has 1 aliphatic heterocycles. The molecule has 128 valence electrons. The van der Waals surface area contributed by atoms with Crippen LogP contribution in [0.2, 0.25) is 0 Å². The van der Waals surface area contributed by atoms with E-state index in [1.165, 1.54) is 6.26 Å². The van der Waals surface area contributed by atoms with Crippen LogP contribution in [0.25, 0.3) is 0 Å². The van der Waals surface area contributed by atoms with Gasteiger partial charge >= 0.3 is 0 Å². The van der Waals surface area contributed by atoms with Crippen LogP contribution in [0.4, 0.5) is 0 Å². The molecule has 0 bridgehead atoms. The lowest BCUT2D eigenvalue weighted by Gasteiger charge is -2.37. The lowest BCUT2D eigenvalue weighted by atomic mass is 10.2. The van der Waals surface area contributed by atoms with Gasteiger partial charge in [-0.1, -0.05) is 0 Å². The molecule has 1 N–H and O–H groups in total. The molecule has 0 spiro atoms. The molecule has 2 rings (SSSR count). The van der Waals surface area contributed by atoms with Crippen LogP contribution in [0.15, 0.2) is 27.8 Å². The molecule has 1 amide bonds. The lowest BCUT2D eigenvalue weighted by molar-refractivity contribution is 0.0657. The molecule has 0 unspecified atom stereocenters. The molecule has 2 heterocycles. The Bertz CT molecular complexity index is 534. The monoisotopic (exact) mass is 338 g/mol. The zero-order valence-electron chi connectivity index (χ0n) is 14.3. The first-order valence-electron chi connectivity index (χ1n) is 7.80. The van der Waals surface area contributed by atoms with E-state index < -0.39 is 0 Å². The second-order valence-electron chi connectivity index (χ2n) is 6.12. The number of guanidine groups is 1. The van der Waals surface area contributed by atoms with Crippen LogP contribution < -0.4 is 5.32 Å². The van der Waals surface area contributed by atoms with Gasteiger partial charge in [0, 0.05) is 44.5 Å². The number of furan rings is 1. The first-order chi connectivity index (χ1) is 11.0. The average molecular weight is 338 g/mol. The molecule has 0 aliphatic carbocycles. The quantitative estimate of drug-likeness (QED) is 0.669. The van der Waals surface area contributed by atoms with E-state index >= 15 is 0 Å². The van der Waals surface area contributed by atoms with Crippen molar-refractivity contribution in [3.8, 4) is 0 Å². The summed E-state index contributed by atoms with van der Waals surface area (Å²) in [5.74, 6) is 1.26. The van der Waals surface area contributed by atoms with Crippen LogP contribution >= 0.6 is 11.8 Å². The maximum atomic E-state index is 12.3. The van der Waals surface area contributed by atoms with E-state index in [0.717, 1.165) is 25.6 Å². The van der Waals surface area contributed by atoms with Gasteiger partial charge in [-0.3, -0.25) is 9.79 Å². The summed E-state index contributed by atoms with van der Waals surface area (Å²) >= 11 is 1.83. The van der Waals surface area contributed by atoms with Crippen molar-refractivity contribution in [2.24, 2.45) is 4.99 Å². The average Bonchev–Trinajstić information content (AvgIpc) is 3.10. The van der Waals surface area contributed by atoms with Gasteiger partial charge < -0.3 is 19.5 Å². The Hall–Kier alpha value is -1.63. The van der Waals surface area contributed by atoms with E-state index in [2.05, 4.69) is 35.3 Å². The third-order valence-corrected chi connectivity index (χ3v) is 5.28. The van der Waals surface area contributed by atoms with Crippen molar-refractivity contribution in [2.45, 2.75) is 18.6 Å². The van der Waals surface area contributed by atoms with E-state index in [-0.39, 0.29) is 10.7 Å². The van der Waals surface area contributed by atoms with E-state index in [0.29, 0.717) is 18.8 Å². The van der Waals surface area contributed by atoms with Crippen molar-refractivity contribution >= 4 is 23.6 Å². The fourth-order valence-corrected chi connectivity index (χ4v) is 2.59. The smallest absolute Gasteiger partial charge is 0.289 e. The second kappa shape index (κ2) is 7.77. The van der Waals surface area contributed by atoms with Crippen molar-refractivity contribution in [3.05, 3.63) is 24.2 Å². The summed E-state index contributed by atoms with van der Waals surface area (Å²) < 4.78 is 5.35. The Kier molecular flexibility index (Phi) is 5.98. The summed E-state index contributed by atoms with van der Waals surface area (Å²) in [4.78, 5) is 20.7. The van der Waals surface area contributed by atoms with E-state index in [9.17, 15) is 4.79 Å².